The molecule has 0 saturated heterocycles. The van der Waals surface area contributed by atoms with Crippen molar-refractivity contribution in [2.75, 3.05) is 0 Å². The van der Waals surface area contributed by atoms with Crippen molar-refractivity contribution in [1.82, 2.24) is 4.98 Å². The first-order chi connectivity index (χ1) is 8.24. The maximum Gasteiger partial charge on any atom is 0.0450 e. The summed E-state index contributed by atoms with van der Waals surface area (Å²) in [6.45, 7) is 4.49. The summed E-state index contributed by atoms with van der Waals surface area (Å²) < 4.78 is 0. The lowest BCUT2D eigenvalue weighted by Crippen LogP contribution is -1.98. The molecule has 0 bridgehead atoms. The second kappa shape index (κ2) is 5.62. The zero-order valence-corrected chi connectivity index (χ0v) is 10.6. The van der Waals surface area contributed by atoms with Crippen LogP contribution in [0, 0.1) is 5.92 Å². The van der Waals surface area contributed by atoms with Crippen molar-refractivity contribution in [1.29, 1.82) is 0 Å². The van der Waals surface area contributed by atoms with Crippen LogP contribution >= 0.6 is 0 Å². The smallest absolute Gasteiger partial charge is 0.0450 e. The maximum atomic E-state index is 4.44. The second-order valence-corrected chi connectivity index (χ2v) is 4.92. The zero-order valence-electron chi connectivity index (χ0n) is 10.6. The summed E-state index contributed by atoms with van der Waals surface area (Å²) in [5.41, 5.74) is 3.87. The summed E-state index contributed by atoms with van der Waals surface area (Å²) in [4.78, 5) is 4.44. The Morgan fingerprint density at radius 3 is 2.47 bits per heavy atom. The van der Waals surface area contributed by atoms with Crippen LogP contribution in [0.2, 0.25) is 0 Å². The Morgan fingerprint density at radius 1 is 1.00 bits per heavy atom. The van der Waals surface area contributed by atoms with Crippen LogP contribution in [0.5, 0.6) is 0 Å². The van der Waals surface area contributed by atoms with Gasteiger partial charge in [0.25, 0.3) is 0 Å². The minimum absolute atomic E-state index is 0.696. The quantitative estimate of drug-likeness (QED) is 0.769. The lowest BCUT2D eigenvalue weighted by Gasteiger charge is -2.07. The molecule has 0 fully saturated rings. The van der Waals surface area contributed by atoms with Crippen LogP contribution in [0.3, 0.4) is 0 Å². The first-order valence-corrected chi connectivity index (χ1v) is 6.22. The average molecular weight is 225 g/mol. The highest BCUT2D eigenvalue weighted by molar-refractivity contribution is 5.24. The van der Waals surface area contributed by atoms with E-state index in [1.165, 1.54) is 11.1 Å². The van der Waals surface area contributed by atoms with Gasteiger partial charge in [0, 0.05) is 18.3 Å². The predicted octanol–water partition coefficient (Wildman–Crippen LogP) is 3.87. The molecule has 1 aromatic carbocycles. The fraction of sp³-hybridized carbons (Fsp3) is 0.312. The van der Waals surface area contributed by atoms with Crippen LogP contribution in [-0.2, 0) is 12.8 Å². The van der Waals surface area contributed by atoms with Crippen LogP contribution in [0.15, 0.2) is 48.7 Å². The number of hydrogen-bond acceptors (Lipinski definition) is 1. The standard InChI is InChI=1S/C16H19N/c1-13(2)10-15-8-9-17-16(12-15)11-14-6-4-3-5-7-14/h3-9,12-13H,10-11H2,1-2H3. The van der Waals surface area contributed by atoms with E-state index >= 15 is 0 Å². The molecule has 2 aromatic rings. The van der Waals surface area contributed by atoms with Crippen molar-refractivity contribution < 1.29 is 0 Å². The summed E-state index contributed by atoms with van der Waals surface area (Å²) in [5.74, 6) is 0.696. The molecule has 0 amide bonds. The molecule has 0 N–H and O–H groups in total. The molecule has 0 spiro atoms. The highest BCUT2D eigenvalue weighted by Gasteiger charge is 2.01. The fourth-order valence-corrected chi connectivity index (χ4v) is 2.03. The summed E-state index contributed by atoms with van der Waals surface area (Å²) >= 11 is 0. The molecule has 0 aliphatic rings. The Bertz CT molecular complexity index is 460. The normalized spacial score (nSPS) is 10.8. The predicted molar refractivity (Wildman–Crippen MR) is 72.0 cm³/mol. The van der Waals surface area contributed by atoms with Gasteiger partial charge in [0.15, 0.2) is 0 Å². The Hall–Kier alpha value is -1.63. The van der Waals surface area contributed by atoms with Gasteiger partial charge >= 0.3 is 0 Å². The highest BCUT2D eigenvalue weighted by atomic mass is 14.7. The molecule has 1 nitrogen and oxygen atoms in total. The topological polar surface area (TPSA) is 12.9 Å². The highest BCUT2D eigenvalue weighted by Crippen LogP contribution is 2.12. The van der Waals surface area contributed by atoms with Gasteiger partial charge < -0.3 is 0 Å². The second-order valence-electron chi connectivity index (χ2n) is 4.92. The lowest BCUT2D eigenvalue weighted by atomic mass is 10.0. The van der Waals surface area contributed by atoms with Crippen LogP contribution in [0.1, 0.15) is 30.7 Å². The van der Waals surface area contributed by atoms with Crippen LogP contribution in [0.25, 0.3) is 0 Å². The van der Waals surface area contributed by atoms with E-state index in [4.69, 9.17) is 0 Å². The SMILES string of the molecule is CC(C)Cc1ccnc(Cc2ccccc2)c1. The molecule has 1 heteroatoms. The minimum Gasteiger partial charge on any atom is -0.261 e. The molecule has 0 aliphatic carbocycles. The summed E-state index contributed by atoms with van der Waals surface area (Å²) in [6, 6.07) is 14.8. The molecule has 0 aliphatic heterocycles. The lowest BCUT2D eigenvalue weighted by molar-refractivity contribution is 0.646. The molecule has 0 radical (unpaired) electrons. The van der Waals surface area contributed by atoms with E-state index in [1.807, 2.05) is 12.3 Å². The van der Waals surface area contributed by atoms with E-state index in [1.54, 1.807) is 0 Å². The third-order valence-corrected chi connectivity index (χ3v) is 2.75. The van der Waals surface area contributed by atoms with E-state index in [9.17, 15) is 0 Å². The van der Waals surface area contributed by atoms with E-state index in [0.29, 0.717) is 5.92 Å². The van der Waals surface area contributed by atoms with E-state index in [2.05, 4.69) is 55.2 Å². The van der Waals surface area contributed by atoms with Gasteiger partial charge in [-0.15, -0.1) is 0 Å². The largest absolute Gasteiger partial charge is 0.261 e. The number of pyridine rings is 1. The molecular formula is C16H19N. The third-order valence-electron chi connectivity index (χ3n) is 2.75. The average Bonchev–Trinajstić information content (AvgIpc) is 2.30. The van der Waals surface area contributed by atoms with Crippen molar-refractivity contribution in [3.05, 3.63) is 65.5 Å². The fourth-order valence-electron chi connectivity index (χ4n) is 2.03. The minimum atomic E-state index is 0.696. The van der Waals surface area contributed by atoms with Crippen molar-refractivity contribution in [2.45, 2.75) is 26.7 Å². The molecule has 0 unspecified atom stereocenters. The monoisotopic (exact) mass is 225 g/mol. The van der Waals surface area contributed by atoms with Crippen molar-refractivity contribution >= 4 is 0 Å². The third kappa shape index (κ3) is 3.70. The van der Waals surface area contributed by atoms with Gasteiger partial charge in [-0.05, 0) is 35.6 Å². The molecule has 2 rings (SSSR count). The van der Waals surface area contributed by atoms with Crippen LogP contribution in [0.4, 0.5) is 0 Å². The summed E-state index contributed by atoms with van der Waals surface area (Å²) in [7, 11) is 0. The molecule has 88 valence electrons. The number of benzene rings is 1. The van der Waals surface area contributed by atoms with Gasteiger partial charge in [-0.1, -0.05) is 44.2 Å². The first-order valence-electron chi connectivity index (χ1n) is 6.22. The number of rotatable bonds is 4. The van der Waals surface area contributed by atoms with Gasteiger partial charge in [-0.3, -0.25) is 4.98 Å². The molecule has 1 aromatic heterocycles. The van der Waals surface area contributed by atoms with Crippen molar-refractivity contribution in [3.63, 3.8) is 0 Å². The molecule has 1 heterocycles. The number of hydrogen-bond donors (Lipinski definition) is 0. The molecule has 0 saturated carbocycles. The van der Waals surface area contributed by atoms with Crippen LogP contribution in [-0.4, -0.2) is 4.98 Å². The molecule has 17 heavy (non-hydrogen) atoms. The van der Waals surface area contributed by atoms with E-state index in [0.717, 1.165) is 18.5 Å². The zero-order chi connectivity index (χ0) is 12.1. The van der Waals surface area contributed by atoms with E-state index < -0.39 is 0 Å². The number of aromatic nitrogens is 1. The Labute approximate surface area is 104 Å². The molecule has 0 atom stereocenters. The Kier molecular flexibility index (Phi) is 3.92. The van der Waals surface area contributed by atoms with Gasteiger partial charge in [0.2, 0.25) is 0 Å². The van der Waals surface area contributed by atoms with Crippen LogP contribution < -0.4 is 0 Å². The summed E-state index contributed by atoms with van der Waals surface area (Å²) in [5, 5.41) is 0. The Morgan fingerprint density at radius 2 is 1.76 bits per heavy atom. The van der Waals surface area contributed by atoms with Gasteiger partial charge in [0.1, 0.15) is 0 Å². The summed E-state index contributed by atoms with van der Waals surface area (Å²) in [6.07, 6.45) is 3.98. The van der Waals surface area contributed by atoms with Gasteiger partial charge in [-0.2, -0.15) is 0 Å². The first kappa shape index (κ1) is 11.8. The Balaban J connectivity index is 2.11. The van der Waals surface area contributed by atoms with Crippen molar-refractivity contribution in [2.24, 2.45) is 5.92 Å². The van der Waals surface area contributed by atoms with Gasteiger partial charge in [0.05, 0.1) is 0 Å². The van der Waals surface area contributed by atoms with Crippen molar-refractivity contribution in [3.8, 4) is 0 Å². The number of nitrogens with zero attached hydrogens (tertiary/aromatic N) is 1. The van der Waals surface area contributed by atoms with E-state index in [-0.39, 0.29) is 0 Å². The maximum absolute atomic E-state index is 4.44. The molecular weight excluding hydrogens is 206 g/mol. The van der Waals surface area contributed by atoms with Gasteiger partial charge in [-0.25, -0.2) is 0 Å².